The van der Waals surface area contributed by atoms with Gasteiger partial charge in [-0.3, -0.25) is 0 Å². The van der Waals surface area contributed by atoms with E-state index in [0.717, 1.165) is 30.8 Å². The first-order valence-electron chi connectivity index (χ1n) is 13.1. The molecule has 2 N–H and O–H groups in total. The highest BCUT2D eigenvalue weighted by molar-refractivity contribution is 5.52. The molecule has 0 aliphatic heterocycles. The third kappa shape index (κ3) is 5.43. The first-order chi connectivity index (χ1) is 15.5. The van der Waals surface area contributed by atoms with Crippen molar-refractivity contribution in [3.63, 3.8) is 0 Å². The number of fused-ring (bicyclic) bond motifs is 1. The minimum absolute atomic E-state index is 0.311. The van der Waals surface area contributed by atoms with Crippen molar-refractivity contribution in [1.82, 2.24) is 0 Å². The maximum Gasteiger partial charge on any atom is 0.116 e. The summed E-state index contributed by atoms with van der Waals surface area (Å²) in [6.45, 7) is 14.5. The first-order valence-corrected chi connectivity index (χ1v) is 13.1. The van der Waals surface area contributed by atoms with E-state index >= 15 is 0 Å². The lowest BCUT2D eigenvalue weighted by Crippen LogP contribution is -2.38. The lowest BCUT2D eigenvalue weighted by atomic mass is 9.58. The molecule has 0 aromatic rings. The summed E-state index contributed by atoms with van der Waals surface area (Å²) in [5.74, 6) is 2.05. The zero-order valence-electron chi connectivity index (χ0n) is 21.5. The summed E-state index contributed by atoms with van der Waals surface area (Å²) in [6, 6.07) is 0. The highest BCUT2D eigenvalue weighted by Crippen LogP contribution is 2.61. The van der Waals surface area contributed by atoms with Crippen molar-refractivity contribution in [2.24, 2.45) is 28.3 Å². The van der Waals surface area contributed by atoms with Crippen LogP contribution in [0.1, 0.15) is 98.8 Å². The predicted molar refractivity (Wildman–Crippen MR) is 137 cm³/mol. The molecule has 3 aliphatic rings. The Morgan fingerprint density at radius 2 is 2.03 bits per heavy atom. The molecule has 3 aliphatic carbocycles. The van der Waals surface area contributed by atoms with Gasteiger partial charge in [-0.2, -0.15) is 0 Å². The van der Waals surface area contributed by atoms with E-state index in [0.29, 0.717) is 40.5 Å². The molecule has 4 nitrogen and oxygen atoms in total. The van der Waals surface area contributed by atoms with Gasteiger partial charge in [0.15, 0.2) is 0 Å². The largest absolute Gasteiger partial charge is 0.390 e. The van der Waals surface area contributed by atoms with E-state index in [1.807, 2.05) is 13.8 Å². The van der Waals surface area contributed by atoms with Gasteiger partial charge in [-0.1, -0.05) is 51.0 Å². The van der Waals surface area contributed by atoms with Crippen LogP contribution in [-0.2, 0) is 0 Å². The van der Waals surface area contributed by atoms with Crippen molar-refractivity contribution in [3.8, 4) is 0 Å². The number of nitroso groups, excluding NO2 is 1. The van der Waals surface area contributed by atoms with Crippen LogP contribution in [0.15, 0.2) is 51.9 Å². The molecular formula is C29H45NO3. The Hall–Kier alpha value is -1.52. The highest BCUT2D eigenvalue weighted by Gasteiger charge is 2.52. The van der Waals surface area contributed by atoms with E-state index in [1.165, 1.54) is 44.1 Å². The molecule has 2 saturated carbocycles. The number of hydrogen-bond acceptors (Lipinski definition) is 4. The smallest absolute Gasteiger partial charge is 0.116 e. The van der Waals surface area contributed by atoms with Crippen LogP contribution >= 0.6 is 0 Å². The standard InChI is InChI=1S/C29H45NO3/c1-7-29-17-9-11-22(12-13-23-18-26(31)21(4)27(30-33)20(23)3)25(29)15-14-24(29)19(2)10-8-16-28(5,6)32/h12-13,19,24-26,31-32H,3,7-11,14-18H2,1-2,4-6H3/b22-12?,23-13-. The molecule has 5 atom stereocenters. The van der Waals surface area contributed by atoms with Crippen molar-refractivity contribution in [2.45, 2.75) is 111 Å². The maximum atomic E-state index is 11.3. The van der Waals surface area contributed by atoms with Crippen molar-refractivity contribution < 1.29 is 10.2 Å². The molecule has 0 spiro atoms. The number of allylic oxidation sites excluding steroid dienone is 4. The first kappa shape index (κ1) is 26.1. The third-order valence-corrected chi connectivity index (χ3v) is 9.10. The van der Waals surface area contributed by atoms with Gasteiger partial charge in [-0.05, 0) is 111 Å². The third-order valence-electron chi connectivity index (χ3n) is 9.10. The molecule has 5 unspecified atom stereocenters. The highest BCUT2D eigenvalue weighted by atomic mass is 16.3. The molecule has 0 aromatic carbocycles. The summed E-state index contributed by atoms with van der Waals surface area (Å²) in [5.41, 5.74) is 3.87. The van der Waals surface area contributed by atoms with E-state index in [-0.39, 0.29) is 0 Å². The van der Waals surface area contributed by atoms with E-state index in [1.54, 1.807) is 6.92 Å². The number of aliphatic hydroxyl groups excluding tert-OH is 1. The van der Waals surface area contributed by atoms with Gasteiger partial charge in [-0.15, -0.1) is 4.91 Å². The Bertz CT molecular complexity index is 843. The van der Waals surface area contributed by atoms with Crippen molar-refractivity contribution in [1.29, 1.82) is 0 Å². The Labute approximate surface area is 200 Å². The molecule has 0 amide bonds. The van der Waals surface area contributed by atoms with Gasteiger partial charge in [0.05, 0.1) is 11.7 Å². The van der Waals surface area contributed by atoms with Crippen LogP contribution in [0.25, 0.3) is 0 Å². The van der Waals surface area contributed by atoms with Crippen LogP contribution in [0, 0.1) is 28.1 Å². The molecule has 33 heavy (non-hydrogen) atoms. The van der Waals surface area contributed by atoms with Gasteiger partial charge in [0, 0.05) is 6.42 Å². The molecule has 0 aromatic heterocycles. The fourth-order valence-electron chi connectivity index (χ4n) is 7.22. The fourth-order valence-corrected chi connectivity index (χ4v) is 7.22. The second kappa shape index (κ2) is 10.4. The quantitative estimate of drug-likeness (QED) is 0.375. The van der Waals surface area contributed by atoms with Gasteiger partial charge >= 0.3 is 0 Å². The summed E-state index contributed by atoms with van der Waals surface area (Å²) < 4.78 is 0. The fraction of sp³-hybridized carbons (Fsp3) is 0.724. The van der Waals surface area contributed by atoms with Crippen LogP contribution in [-0.4, -0.2) is 21.9 Å². The Morgan fingerprint density at radius 1 is 1.30 bits per heavy atom. The monoisotopic (exact) mass is 455 g/mol. The normalized spacial score (nSPS) is 34.2. The Kier molecular flexibility index (Phi) is 8.22. The van der Waals surface area contributed by atoms with Crippen LogP contribution < -0.4 is 0 Å². The van der Waals surface area contributed by atoms with Gasteiger partial charge < -0.3 is 10.2 Å². The Balaban J connectivity index is 1.79. The van der Waals surface area contributed by atoms with Crippen molar-refractivity contribution in [2.75, 3.05) is 0 Å². The summed E-state index contributed by atoms with van der Waals surface area (Å²) in [5, 5.41) is 23.6. The SMILES string of the molecule is C=C1C(N=O)=C(C)C(O)C/C1=C/C=C1CCCC2(CC)C1CCC2C(C)CCCC(C)(C)O. The van der Waals surface area contributed by atoms with E-state index in [9.17, 15) is 15.1 Å². The van der Waals surface area contributed by atoms with Gasteiger partial charge in [0.25, 0.3) is 0 Å². The predicted octanol–water partition coefficient (Wildman–Crippen LogP) is 7.38. The summed E-state index contributed by atoms with van der Waals surface area (Å²) >= 11 is 0. The van der Waals surface area contributed by atoms with E-state index < -0.39 is 11.7 Å². The topological polar surface area (TPSA) is 69.9 Å². The average Bonchev–Trinajstić information content (AvgIpc) is 3.15. The van der Waals surface area contributed by atoms with Gasteiger partial charge in [0.1, 0.15) is 5.70 Å². The van der Waals surface area contributed by atoms with Crippen LogP contribution in [0.4, 0.5) is 0 Å². The molecule has 0 radical (unpaired) electrons. The number of aliphatic hydroxyl groups is 2. The van der Waals surface area contributed by atoms with Gasteiger partial charge in [0.2, 0.25) is 0 Å². The molecule has 184 valence electrons. The second-order valence-electron chi connectivity index (χ2n) is 11.6. The van der Waals surface area contributed by atoms with Crippen molar-refractivity contribution in [3.05, 3.63) is 51.6 Å². The van der Waals surface area contributed by atoms with Crippen molar-refractivity contribution >= 4 is 0 Å². The molecule has 0 saturated heterocycles. The number of hydrogen-bond donors (Lipinski definition) is 2. The zero-order valence-corrected chi connectivity index (χ0v) is 21.5. The minimum Gasteiger partial charge on any atom is -0.390 e. The molecule has 0 heterocycles. The maximum absolute atomic E-state index is 11.3. The summed E-state index contributed by atoms with van der Waals surface area (Å²) in [4.78, 5) is 11.3. The van der Waals surface area contributed by atoms with Crippen LogP contribution in [0.5, 0.6) is 0 Å². The van der Waals surface area contributed by atoms with Gasteiger partial charge in [-0.25, -0.2) is 0 Å². The lowest BCUT2D eigenvalue weighted by molar-refractivity contribution is 0.0519. The summed E-state index contributed by atoms with van der Waals surface area (Å²) in [7, 11) is 0. The molecular weight excluding hydrogens is 410 g/mol. The number of rotatable bonds is 8. The molecule has 2 fully saturated rings. The summed E-state index contributed by atoms with van der Waals surface area (Å²) in [6.07, 6.45) is 14.8. The molecule has 4 heteroatoms. The second-order valence-corrected chi connectivity index (χ2v) is 11.6. The molecule has 3 rings (SSSR count). The molecule has 0 bridgehead atoms. The number of nitrogens with zero attached hydrogens (tertiary/aromatic N) is 1. The Morgan fingerprint density at radius 3 is 2.67 bits per heavy atom. The van der Waals surface area contributed by atoms with Crippen LogP contribution in [0.3, 0.4) is 0 Å². The van der Waals surface area contributed by atoms with Crippen LogP contribution in [0.2, 0.25) is 0 Å². The van der Waals surface area contributed by atoms with E-state index in [2.05, 4.69) is 37.8 Å². The average molecular weight is 456 g/mol. The zero-order chi connectivity index (χ0) is 24.4. The van der Waals surface area contributed by atoms with E-state index in [4.69, 9.17) is 0 Å². The minimum atomic E-state index is -0.658. The lowest BCUT2D eigenvalue weighted by Gasteiger charge is -2.47.